The molecule has 0 unspecified atom stereocenters. The molecule has 0 atom stereocenters. The average molecular weight is 254 g/mol. The number of nitrogens with zero attached hydrogens (tertiary/aromatic N) is 3. The topological polar surface area (TPSA) is 29.0 Å². The van der Waals surface area contributed by atoms with E-state index in [-0.39, 0.29) is 11.8 Å². The molecule has 0 aromatic carbocycles. The van der Waals surface area contributed by atoms with Crippen LogP contribution < -0.4 is 4.90 Å². The first-order valence-electron chi connectivity index (χ1n) is 4.56. The van der Waals surface area contributed by atoms with E-state index in [0.717, 1.165) is 0 Å². The van der Waals surface area contributed by atoms with Crippen molar-refractivity contribution in [2.75, 3.05) is 18.5 Å². The molecule has 0 aliphatic carbocycles. The molecule has 0 saturated heterocycles. The molecule has 1 aromatic rings. The summed E-state index contributed by atoms with van der Waals surface area (Å²) in [6.07, 6.45) is -3.57. The number of hydrogen-bond acceptors (Lipinski definition) is 3. The van der Waals surface area contributed by atoms with Crippen LogP contribution in [0.5, 0.6) is 0 Å². The summed E-state index contributed by atoms with van der Waals surface area (Å²) in [5.74, 6) is 0.421. The lowest BCUT2D eigenvalue weighted by Crippen LogP contribution is -2.25. The van der Waals surface area contributed by atoms with E-state index in [1.165, 1.54) is 18.1 Å². The lowest BCUT2D eigenvalue weighted by Gasteiger charge is -2.20. The first kappa shape index (κ1) is 13.0. The van der Waals surface area contributed by atoms with Gasteiger partial charge in [-0.2, -0.15) is 13.2 Å². The van der Waals surface area contributed by atoms with Gasteiger partial charge in [-0.1, -0.05) is 0 Å². The normalized spacial score (nSPS) is 11.6. The molecule has 7 heteroatoms. The van der Waals surface area contributed by atoms with Crippen LogP contribution in [-0.4, -0.2) is 29.7 Å². The first-order chi connectivity index (χ1) is 7.29. The molecule has 0 fully saturated rings. The van der Waals surface area contributed by atoms with Gasteiger partial charge in [0.15, 0.2) is 0 Å². The smallest absolute Gasteiger partial charge is 0.359 e. The van der Waals surface area contributed by atoms with Gasteiger partial charge in [-0.05, 0) is 18.5 Å². The van der Waals surface area contributed by atoms with Crippen molar-refractivity contribution in [2.45, 2.75) is 19.5 Å². The first-order valence-corrected chi connectivity index (χ1v) is 4.94. The van der Waals surface area contributed by atoms with Crippen LogP contribution in [0.25, 0.3) is 0 Å². The van der Waals surface area contributed by atoms with E-state index in [9.17, 15) is 13.2 Å². The van der Waals surface area contributed by atoms with Gasteiger partial charge in [0.2, 0.25) is 5.28 Å². The predicted octanol–water partition coefficient (Wildman–Crippen LogP) is 2.83. The van der Waals surface area contributed by atoms with Crippen molar-refractivity contribution in [2.24, 2.45) is 0 Å². The molecule has 90 valence electrons. The highest BCUT2D eigenvalue weighted by molar-refractivity contribution is 6.28. The third kappa shape index (κ3) is 3.84. The van der Waals surface area contributed by atoms with Crippen LogP contribution in [0.4, 0.5) is 19.0 Å². The second-order valence-electron chi connectivity index (χ2n) is 3.43. The highest BCUT2D eigenvalue weighted by Gasteiger charge is 2.27. The van der Waals surface area contributed by atoms with E-state index in [1.54, 1.807) is 6.92 Å². The molecule has 0 bridgehead atoms. The number of halogens is 4. The molecule has 1 aromatic heterocycles. The monoisotopic (exact) mass is 253 g/mol. The molecule has 1 heterocycles. The van der Waals surface area contributed by atoms with E-state index in [2.05, 4.69) is 9.97 Å². The maximum absolute atomic E-state index is 12.0. The Bertz CT molecular complexity index is 368. The Balaban J connectivity index is 2.73. The summed E-state index contributed by atoms with van der Waals surface area (Å²) in [4.78, 5) is 9.04. The maximum Gasteiger partial charge on any atom is 0.390 e. The highest BCUT2D eigenvalue weighted by Crippen LogP contribution is 2.22. The summed E-state index contributed by atoms with van der Waals surface area (Å²) in [5, 5.41) is 0.0273. The van der Waals surface area contributed by atoms with Crippen LogP contribution in [0.2, 0.25) is 5.28 Å². The van der Waals surface area contributed by atoms with E-state index in [1.807, 2.05) is 0 Å². The molecule has 0 radical (unpaired) electrons. The van der Waals surface area contributed by atoms with Crippen molar-refractivity contribution in [3.05, 3.63) is 17.0 Å². The number of anilines is 1. The summed E-state index contributed by atoms with van der Waals surface area (Å²) in [7, 11) is 1.54. The molecule has 16 heavy (non-hydrogen) atoms. The molecule has 0 aliphatic rings. The highest BCUT2D eigenvalue weighted by atomic mass is 35.5. The van der Waals surface area contributed by atoms with E-state index in [0.29, 0.717) is 11.4 Å². The summed E-state index contributed by atoms with van der Waals surface area (Å²) >= 11 is 5.58. The van der Waals surface area contributed by atoms with Crippen LogP contribution in [0, 0.1) is 6.92 Å². The Morgan fingerprint density at radius 2 is 2.06 bits per heavy atom. The van der Waals surface area contributed by atoms with Gasteiger partial charge < -0.3 is 4.90 Å². The lowest BCUT2D eigenvalue weighted by molar-refractivity contribution is -0.132. The Morgan fingerprint density at radius 1 is 1.44 bits per heavy atom. The van der Waals surface area contributed by atoms with Crippen molar-refractivity contribution < 1.29 is 13.2 Å². The van der Waals surface area contributed by atoms with Crippen LogP contribution in [0.1, 0.15) is 12.0 Å². The lowest BCUT2D eigenvalue weighted by atomic mass is 10.3. The van der Waals surface area contributed by atoms with Crippen molar-refractivity contribution in [3.8, 4) is 0 Å². The molecular formula is C9H11ClF3N3. The molecule has 0 amide bonds. The fraction of sp³-hybridized carbons (Fsp3) is 0.556. The Labute approximate surface area is 96.3 Å². The minimum atomic E-state index is -4.17. The summed E-state index contributed by atoms with van der Waals surface area (Å²) in [6.45, 7) is 1.56. The van der Waals surface area contributed by atoms with Gasteiger partial charge in [0, 0.05) is 25.4 Å². The average Bonchev–Trinajstić information content (AvgIpc) is 2.17. The molecule has 0 saturated carbocycles. The fourth-order valence-corrected chi connectivity index (χ4v) is 1.33. The largest absolute Gasteiger partial charge is 0.390 e. The third-order valence-corrected chi connectivity index (χ3v) is 2.19. The number of rotatable bonds is 3. The van der Waals surface area contributed by atoms with Gasteiger partial charge in [0.05, 0.1) is 6.42 Å². The molecule has 0 aliphatic heterocycles. The number of aromatic nitrogens is 2. The Morgan fingerprint density at radius 3 is 2.62 bits per heavy atom. The fourth-order valence-electron chi connectivity index (χ4n) is 1.20. The molecule has 1 rings (SSSR count). The quantitative estimate of drug-likeness (QED) is 0.776. The number of aryl methyl sites for hydroxylation is 1. The predicted molar refractivity (Wildman–Crippen MR) is 55.7 cm³/mol. The van der Waals surface area contributed by atoms with Crippen LogP contribution in [0.3, 0.4) is 0 Å². The van der Waals surface area contributed by atoms with Gasteiger partial charge in [-0.25, -0.2) is 9.97 Å². The molecular weight excluding hydrogens is 243 g/mol. The van der Waals surface area contributed by atoms with Crippen LogP contribution >= 0.6 is 11.6 Å². The van der Waals surface area contributed by atoms with Crippen molar-refractivity contribution >= 4 is 17.4 Å². The van der Waals surface area contributed by atoms with E-state index >= 15 is 0 Å². The molecule has 0 spiro atoms. The van der Waals surface area contributed by atoms with Gasteiger partial charge >= 0.3 is 6.18 Å². The van der Waals surface area contributed by atoms with Crippen LogP contribution in [-0.2, 0) is 0 Å². The zero-order chi connectivity index (χ0) is 12.3. The van der Waals surface area contributed by atoms with E-state index in [4.69, 9.17) is 11.6 Å². The van der Waals surface area contributed by atoms with Gasteiger partial charge in [-0.15, -0.1) is 0 Å². The zero-order valence-electron chi connectivity index (χ0n) is 8.85. The maximum atomic E-state index is 12.0. The van der Waals surface area contributed by atoms with Crippen molar-refractivity contribution in [1.29, 1.82) is 0 Å². The zero-order valence-corrected chi connectivity index (χ0v) is 9.60. The second kappa shape index (κ2) is 4.86. The van der Waals surface area contributed by atoms with Gasteiger partial charge in [0.25, 0.3) is 0 Å². The number of alkyl halides is 3. The minimum Gasteiger partial charge on any atom is -0.359 e. The molecule has 3 nitrogen and oxygen atoms in total. The Kier molecular flexibility index (Phi) is 3.96. The summed E-state index contributed by atoms with van der Waals surface area (Å²) in [5.41, 5.74) is 0.689. The van der Waals surface area contributed by atoms with Crippen molar-refractivity contribution in [3.63, 3.8) is 0 Å². The van der Waals surface area contributed by atoms with Gasteiger partial charge in [0.1, 0.15) is 5.82 Å². The summed E-state index contributed by atoms with van der Waals surface area (Å²) < 4.78 is 36.1. The Hall–Kier alpha value is -1.04. The second-order valence-corrected chi connectivity index (χ2v) is 3.77. The molecule has 0 N–H and O–H groups in total. The number of hydrogen-bond donors (Lipinski definition) is 0. The van der Waals surface area contributed by atoms with E-state index < -0.39 is 12.6 Å². The summed E-state index contributed by atoms with van der Waals surface area (Å²) in [6, 6.07) is 0. The van der Waals surface area contributed by atoms with Crippen LogP contribution in [0.15, 0.2) is 6.20 Å². The minimum absolute atomic E-state index is 0.0273. The SMILES string of the molecule is Cc1cnc(Cl)nc1N(C)CCC(F)(F)F. The third-order valence-electron chi connectivity index (χ3n) is 2.01. The standard InChI is InChI=1S/C9H11ClF3N3/c1-6-5-14-8(10)15-7(6)16(2)4-3-9(11,12)13/h5H,3-4H2,1-2H3. The van der Waals surface area contributed by atoms with Gasteiger partial charge in [-0.3, -0.25) is 0 Å². The van der Waals surface area contributed by atoms with Crippen molar-refractivity contribution in [1.82, 2.24) is 9.97 Å².